The van der Waals surface area contributed by atoms with E-state index in [1.54, 1.807) is 48.5 Å². The van der Waals surface area contributed by atoms with Crippen molar-refractivity contribution < 1.29 is 42.2 Å². The first-order valence-electron chi connectivity index (χ1n) is 13.3. The Hall–Kier alpha value is -5.18. The lowest BCUT2D eigenvalue weighted by Crippen LogP contribution is -2.50. The Balaban J connectivity index is 1.69. The van der Waals surface area contributed by atoms with Crippen LogP contribution in [0.25, 0.3) is 10.9 Å². The van der Waals surface area contributed by atoms with Crippen LogP contribution in [0.4, 0.5) is 4.79 Å². The number of carboxylic acid groups (broad SMARTS) is 1. The summed E-state index contributed by atoms with van der Waals surface area (Å²) in [7, 11) is -3.59. The van der Waals surface area contributed by atoms with Gasteiger partial charge in [0.1, 0.15) is 18.7 Å². The second kappa shape index (κ2) is 15.3. The standard InChI is InChI=1S/C29H33N5O9S/c1-18(32-29(40)43-17-19-8-4-3-5-9-19)27(38)34-26(22-15-30-23-11-7-6-10-21(22)23)28(39)31-16-24(35)33-20(14-25(36)37)12-13-44(2,41)42/h3-13,15,18,20,26,30H,14,16-17H2,1-2H3,(H,31,39)(H,32,40)(H,33,35)(H,34,38)(H,36,37)/b13-12+/t18-,20+,26?/m0/s1. The summed E-state index contributed by atoms with van der Waals surface area (Å²) in [4.78, 5) is 65.4. The first kappa shape index (κ1) is 33.3. The molecule has 6 N–H and O–H groups in total. The van der Waals surface area contributed by atoms with Gasteiger partial charge < -0.3 is 36.1 Å². The van der Waals surface area contributed by atoms with E-state index in [1.807, 2.05) is 6.07 Å². The molecule has 0 radical (unpaired) electrons. The maximum absolute atomic E-state index is 13.3. The fourth-order valence-corrected chi connectivity index (χ4v) is 4.49. The molecule has 1 aromatic heterocycles. The number of carboxylic acids is 1. The number of amides is 4. The Bertz CT molecular complexity index is 1640. The number of para-hydroxylation sites is 1. The number of hydrogen-bond acceptors (Lipinski definition) is 8. The third-order valence-electron chi connectivity index (χ3n) is 6.14. The number of rotatable bonds is 14. The van der Waals surface area contributed by atoms with Gasteiger partial charge in [0.05, 0.1) is 19.0 Å². The van der Waals surface area contributed by atoms with Crippen LogP contribution in [0.1, 0.15) is 30.5 Å². The van der Waals surface area contributed by atoms with E-state index >= 15 is 0 Å². The van der Waals surface area contributed by atoms with Crippen LogP contribution in [-0.2, 0) is 40.4 Å². The van der Waals surface area contributed by atoms with Crippen LogP contribution >= 0.6 is 0 Å². The number of nitrogens with one attached hydrogen (secondary N) is 5. The number of alkyl carbamates (subject to hydrolysis) is 1. The van der Waals surface area contributed by atoms with Gasteiger partial charge in [-0.15, -0.1) is 0 Å². The molecular formula is C29H33N5O9S. The lowest BCUT2D eigenvalue weighted by Gasteiger charge is -2.21. The maximum Gasteiger partial charge on any atom is 0.408 e. The molecular weight excluding hydrogens is 594 g/mol. The van der Waals surface area contributed by atoms with E-state index in [2.05, 4.69) is 26.3 Å². The second-order valence-electron chi connectivity index (χ2n) is 9.81. The van der Waals surface area contributed by atoms with E-state index < -0.39 is 70.7 Å². The van der Waals surface area contributed by atoms with Crippen LogP contribution in [0.15, 0.2) is 72.3 Å². The van der Waals surface area contributed by atoms with E-state index in [4.69, 9.17) is 9.84 Å². The van der Waals surface area contributed by atoms with Crippen LogP contribution in [0, 0.1) is 0 Å². The van der Waals surface area contributed by atoms with Crippen molar-refractivity contribution in [2.45, 2.75) is 38.1 Å². The van der Waals surface area contributed by atoms with E-state index in [0.717, 1.165) is 23.3 Å². The Morgan fingerprint density at radius 2 is 1.64 bits per heavy atom. The van der Waals surface area contributed by atoms with Crippen molar-refractivity contribution in [3.63, 3.8) is 0 Å². The molecule has 0 aliphatic heterocycles. The summed E-state index contributed by atoms with van der Waals surface area (Å²) >= 11 is 0. The van der Waals surface area contributed by atoms with Crippen LogP contribution in [0.2, 0.25) is 0 Å². The number of ether oxygens (including phenoxy) is 1. The molecule has 0 spiro atoms. The summed E-state index contributed by atoms with van der Waals surface area (Å²) < 4.78 is 28.0. The SMILES string of the molecule is C[C@H](NC(=O)OCc1ccccc1)C(=O)NC(C(=O)NCC(=O)N[C@H](/C=C/S(C)(=O)=O)CC(=O)O)c1c[nH]c2ccccc12. The Morgan fingerprint density at radius 1 is 0.955 bits per heavy atom. The van der Waals surface area contributed by atoms with Crippen molar-refractivity contribution in [2.75, 3.05) is 12.8 Å². The average Bonchev–Trinajstić information content (AvgIpc) is 3.40. The molecule has 0 aliphatic carbocycles. The molecule has 0 saturated carbocycles. The van der Waals surface area contributed by atoms with E-state index in [-0.39, 0.29) is 6.61 Å². The summed E-state index contributed by atoms with van der Waals surface area (Å²) in [5.41, 5.74) is 1.81. The second-order valence-corrected chi connectivity index (χ2v) is 11.7. The van der Waals surface area contributed by atoms with Gasteiger partial charge >= 0.3 is 12.1 Å². The number of sulfone groups is 1. The van der Waals surface area contributed by atoms with Crippen molar-refractivity contribution in [3.05, 3.63) is 83.4 Å². The molecule has 15 heteroatoms. The van der Waals surface area contributed by atoms with Gasteiger partial charge in [-0.25, -0.2) is 13.2 Å². The zero-order valence-corrected chi connectivity index (χ0v) is 24.7. The number of aromatic amines is 1. The molecule has 0 saturated heterocycles. The number of hydrogen-bond donors (Lipinski definition) is 6. The van der Waals surface area contributed by atoms with Crippen LogP contribution in [-0.4, -0.2) is 73.2 Å². The zero-order chi connectivity index (χ0) is 32.3. The average molecular weight is 628 g/mol. The fraction of sp³-hybridized carbons (Fsp3) is 0.276. The van der Waals surface area contributed by atoms with E-state index in [1.165, 1.54) is 13.1 Å². The van der Waals surface area contributed by atoms with Crippen LogP contribution in [0.5, 0.6) is 0 Å². The van der Waals surface area contributed by atoms with Gasteiger partial charge in [0.15, 0.2) is 9.84 Å². The van der Waals surface area contributed by atoms with Crippen molar-refractivity contribution in [2.24, 2.45) is 0 Å². The van der Waals surface area contributed by atoms with Crippen LogP contribution in [0.3, 0.4) is 0 Å². The predicted octanol–water partition coefficient (Wildman–Crippen LogP) is 1.27. The van der Waals surface area contributed by atoms with Gasteiger partial charge in [-0.3, -0.25) is 19.2 Å². The van der Waals surface area contributed by atoms with Gasteiger partial charge in [0, 0.05) is 34.3 Å². The zero-order valence-electron chi connectivity index (χ0n) is 23.9. The summed E-state index contributed by atoms with van der Waals surface area (Å²) in [6.45, 7) is 0.778. The molecule has 44 heavy (non-hydrogen) atoms. The van der Waals surface area contributed by atoms with E-state index in [9.17, 15) is 32.4 Å². The minimum absolute atomic E-state index is 0.0131. The number of aromatic nitrogens is 1. The number of fused-ring (bicyclic) bond motifs is 1. The van der Waals surface area contributed by atoms with Gasteiger partial charge in [-0.1, -0.05) is 54.6 Å². The predicted molar refractivity (Wildman–Crippen MR) is 160 cm³/mol. The molecule has 14 nitrogen and oxygen atoms in total. The lowest BCUT2D eigenvalue weighted by molar-refractivity contribution is -0.137. The Morgan fingerprint density at radius 3 is 2.32 bits per heavy atom. The molecule has 234 valence electrons. The molecule has 3 atom stereocenters. The highest BCUT2D eigenvalue weighted by Crippen LogP contribution is 2.24. The van der Waals surface area contributed by atoms with Crippen molar-refractivity contribution in [1.82, 2.24) is 26.3 Å². The molecule has 0 aliphatic rings. The normalized spacial score (nSPS) is 13.4. The number of aliphatic carboxylic acids is 1. The third kappa shape index (κ3) is 10.6. The van der Waals surface area contributed by atoms with Gasteiger partial charge in [0.2, 0.25) is 17.7 Å². The summed E-state index contributed by atoms with van der Waals surface area (Å²) in [6, 6.07) is 12.4. The minimum atomic E-state index is -3.59. The third-order valence-corrected chi connectivity index (χ3v) is 6.80. The Labute approximate surface area is 253 Å². The molecule has 0 fully saturated rings. The van der Waals surface area contributed by atoms with Crippen LogP contribution < -0.4 is 21.3 Å². The first-order valence-corrected chi connectivity index (χ1v) is 15.3. The van der Waals surface area contributed by atoms with Gasteiger partial charge in [-0.05, 0) is 18.6 Å². The fourth-order valence-electron chi connectivity index (χ4n) is 4.01. The number of H-pyrrole nitrogens is 1. The quantitative estimate of drug-likeness (QED) is 0.152. The summed E-state index contributed by atoms with van der Waals surface area (Å²) in [5.74, 6) is -3.59. The molecule has 1 heterocycles. The topological polar surface area (TPSA) is 213 Å². The number of carbonyl (C=O) groups is 5. The number of carbonyl (C=O) groups excluding carboxylic acids is 4. The molecule has 3 aromatic rings. The van der Waals surface area contributed by atoms with E-state index in [0.29, 0.717) is 16.5 Å². The molecule has 3 rings (SSSR count). The van der Waals surface area contributed by atoms with Crippen molar-refractivity contribution >= 4 is 50.5 Å². The highest BCUT2D eigenvalue weighted by molar-refractivity contribution is 7.93. The van der Waals surface area contributed by atoms with Gasteiger partial charge in [-0.2, -0.15) is 0 Å². The Kier molecular flexibility index (Phi) is 11.6. The minimum Gasteiger partial charge on any atom is -0.481 e. The monoisotopic (exact) mass is 627 g/mol. The first-order chi connectivity index (χ1) is 20.8. The maximum atomic E-state index is 13.3. The molecule has 4 amide bonds. The highest BCUT2D eigenvalue weighted by atomic mass is 32.2. The largest absolute Gasteiger partial charge is 0.481 e. The van der Waals surface area contributed by atoms with Crippen molar-refractivity contribution in [3.8, 4) is 0 Å². The van der Waals surface area contributed by atoms with Crippen molar-refractivity contribution in [1.29, 1.82) is 0 Å². The molecule has 0 bridgehead atoms. The smallest absolute Gasteiger partial charge is 0.408 e. The summed E-state index contributed by atoms with van der Waals surface area (Å²) in [6.07, 6.45) is 2.02. The summed E-state index contributed by atoms with van der Waals surface area (Å²) in [5, 5.41) is 20.2. The van der Waals surface area contributed by atoms with Gasteiger partial charge in [0.25, 0.3) is 0 Å². The lowest BCUT2D eigenvalue weighted by atomic mass is 10.0. The highest BCUT2D eigenvalue weighted by Gasteiger charge is 2.28. The molecule has 2 aromatic carbocycles. The number of benzene rings is 2. The molecule has 1 unspecified atom stereocenters.